The van der Waals surface area contributed by atoms with E-state index >= 15 is 0 Å². The summed E-state index contributed by atoms with van der Waals surface area (Å²) in [5, 5.41) is 9.98. The van der Waals surface area contributed by atoms with Crippen molar-refractivity contribution in [2.45, 2.75) is 44.8 Å². The van der Waals surface area contributed by atoms with Crippen molar-refractivity contribution in [3.63, 3.8) is 0 Å². The molecule has 0 aromatic carbocycles. The Morgan fingerprint density at radius 2 is 2.19 bits per heavy atom. The number of ether oxygens (including phenoxy) is 1. The van der Waals surface area contributed by atoms with Crippen molar-refractivity contribution >= 4 is 5.97 Å². The van der Waals surface area contributed by atoms with Gasteiger partial charge in [-0.05, 0) is 32.7 Å². The van der Waals surface area contributed by atoms with Gasteiger partial charge in [-0.15, -0.1) is 0 Å². The molecule has 0 saturated carbocycles. The van der Waals surface area contributed by atoms with Crippen molar-refractivity contribution in [2.75, 3.05) is 19.7 Å². The Kier molecular flexibility index (Phi) is 3.82. The zero-order chi connectivity index (χ0) is 11.5. The molecule has 3 atom stereocenters. The van der Waals surface area contributed by atoms with Gasteiger partial charge in [0.25, 0.3) is 0 Å². The molecule has 1 N–H and O–H groups in total. The molecule has 4 nitrogen and oxygen atoms in total. The minimum atomic E-state index is -0.515. The van der Waals surface area contributed by atoms with Crippen LogP contribution in [0.3, 0.4) is 0 Å². The minimum absolute atomic E-state index is 0.205. The van der Waals surface area contributed by atoms with Crippen LogP contribution >= 0.6 is 0 Å². The SMILES string of the molecule is CCOC(=O)C1C(O)CCN2CCCCC12. The Morgan fingerprint density at radius 1 is 1.38 bits per heavy atom. The van der Waals surface area contributed by atoms with Crippen molar-refractivity contribution in [1.29, 1.82) is 0 Å². The maximum absolute atomic E-state index is 11.9. The molecule has 0 radical (unpaired) electrons. The lowest BCUT2D eigenvalue weighted by Crippen LogP contribution is -2.56. The molecule has 0 spiro atoms. The molecule has 2 fully saturated rings. The van der Waals surface area contributed by atoms with E-state index in [-0.39, 0.29) is 17.9 Å². The molecule has 4 heteroatoms. The van der Waals surface area contributed by atoms with Gasteiger partial charge in [0.2, 0.25) is 0 Å². The van der Waals surface area contributed by atoms with Crippen LogP contribution in [-0.2, 0) is 9.53 Å². The fourth-order valence-electron chi connectivity index (χ4n) is 2.99. The number of piperidine rings is 2. The van der Waals surface area contributed by atoms with Crippen LogP contribution in [0.4, 0.5) is 0 Å². The van der Waals surface area contributed by atoms with E-state index in [0.29, 0.717) is 13.0 Å². The lowest BCUT2D eigenvalue weighted by atomic mass is 9.81. The summed E-state index contributed by atoms with van der Waals surface area (Å²) in [6, 6.07) is 0.205. The van der Waals surface area contributed by atoms with Crippen molar-refractivity contribution in [3.8, 4) is 0 Å². The highest BCUT2D eigenvalue weighted by Gasteiger charge is 2.43. The molecule has 3 unspecified atom stereocenters. The predicted molar refractivity (Wildman–Crippen MR) is 60.0 cm³/mol. The summed E-state index contributed by atoms with van der Waals surface area (Å²) >= 11 is 0. The van der Waals surface area contributed by atoms with E-state index in [1.807, 2.05) is 6.92 Å². The highest BCUT2D eigenvalue weighted by atomic mass is 16.5. The van der Waals surface area contributed by atoms with Crippen LogP contribution < -0.4 is 0 Å². The van der Waals surface area contributed by atoms with Gasteiger partial charge in [0.15, 0.2) is 0 Å². The Bertz CT molecular complexity index is 257. The number of fused-ring (bicyclic) bond motifs is 1. The lowest BCUT2D eigenvalue weighted by molar-refractivity contribution is -0.160. The van der Waals surface area contributed by atoms with Gasteiger partial charge in [0.05, 0.1) is 18.6 Å². The summed E-state index contributed by atoms with van der Waals surface area (Å²) < 4.78 is 5.08. The molecule has 0 aromatic rings. The van der Waals surface area contributed by atoms with Gasteiger partial charge in [-0.2, -0.15) is 0 Å². The van der Waals surface area contributed by atoms with Crippen LogP contribution in [0.25, 0.3) is 0 Å². The third-order valence-corrected chi connectivity index (χ3v) is 3.76. The van der Waals surface area contributed by atoms with Crippen molar-refractivity contribution < 1.29 is 14.6 Å². The van der Waals surface area contributed by atoms with Crippen molar-refractivity contribution in [3.05, 3.63) is 0 Å². The number of nitrogens with zero attached hydrogens (tertiary/aromatic N) is 1. The van der Waals surface area contributed by atoms with Crippen molar-refractivity contribution in [1.82, 2.24) is 4.90 Å². The first-order valence-electron chi connectivity index (χ1n) is 6.32. The normalized spacial score (nSPS) is 35.5. The fraction of sp³-hybridized carbons (Fsp3) is 0.917. The van der Waals surface area contributed by atoms with E-state index in [1.54, 1.807) is 0 Å². The monoisotopic (exact) mass is 227 g/mol. The van der Waals surface area contributed by atoms with Gasteiger partial charge in [0, 0.05) is 12.6 Å². The molecule has 0 bridgehead atoms. The standard InChI is InChI=1S/C12H21NO3/c1-2-16-12(15)11-9-5-3-4-7-13(9)8-6-10(11)14/h9-11,14H,2-8H2,1H3. The largest absolute Gasteiger partial charge is 0.466 e. The number of hydrogen-bond donors (Lipinski definition) is 1. The second kappa shape index (κ2) is 5.15. The van der Waals surface area contributed by atoms with Crippen LogP contribution in [0, 0.1) is 5.92 Å². The van der Waals surface area contributed by atoms with Gasteiger partial charge in [-0.25, -0.2) is 0 Å². The number of aliphatic hydroxyl groups is 1. The third kappa shape index (κ3) is 2.23. The van der Waals surface area contributed by atoms with Gasteiger partial charge in [0.1, 0.15) is 0 Å². The molecule has 0 amide bonds. The maximum Gasteiger partial charge on any atom is 0.313 e. The highest BCUT2D eigenvalue weighted by molar-refractivity contribution is 5.74. The Balaban J connectivity index is 2.08. The smallest absolute Gasteiger partial charge is 0.313 e. The quantitative estimate of drug-likeness (QED) is 0.708. The van der Waals surface area contributed by atoms with E-state index in [0.717, 1.165) is 25.9 Å². The summed E-state index contributed by atoms with van der Waals surface area (Å²) in [6.45, 7) is 4.19. The van der Waals surface area contributed by atoms with Crippen molar-refractivity contribution in [2.24, 2.45) is 5.92 Å². The molecule has 0 aliphatic carbocycles. The Hall–Kier alpha value is -0.610. The summed E-state index contributed by atoms with van der Waals surface area (Å²) in [7, 11) is 0. The third-order valence-electron chi connectivity index (χ3n) is 3.76. The minimum Gasteiger partial charge on any atom is -0.466 e. The van der Waals surface area contributed by atoms with Gasteiger partial charge in [-0.3, -0.25) is 9.69 Å². The first-order chi connectivity index (χ1) is 7.74. The lowest BCUT2D eigenvalue weighted by Gasteiger charge is -2.45. The average Bonchev–Trinajstić information content (AvgIpc) is 2.29. The van der Waals surface area contributed by atoms with Crippen LogP contribution in [0.15, 0.2) is 0 Å². The van der Waals surface area contributed by atoms with E-state index in [9.17, 15) is 9.90 Å². The number of carbonyl (C=O) groups excluding carboxylic acids is 1. The fourth-order valence-corrected chi connectivity index (χ4v) is 2.99. The maximum atomic E-state index is 11.9. The number of carbonyl (C=O) groups is 1. The van der Waals surface area contributed by atoms with Crippen LogP contribution in [-0.4, -0.2) is 47.8 Å². The first-order valence-corrected chi connectivity index (χ1v) is 6.32. The van der Waals surface area contributed by atoms with E-state index in [2.05, 4.69) is 4.90 Å². The molecule has 0 aromatic heterocycles. The van der Waals surface area contributed by atoms with Gasteiger partial charge < -0.3 is 9.84 Å². The Morgan fingerprint density at radius 3 is 2.94 bits per heavy atom. The van der Waals surface area contributed by atoms with Crippen LogP contribution in [0.1, 0.15) is 32.6 Å². The number of rotatable bonds is 2. The molecular formula is C12H21NO3. The zero-order valence-electron chi connectivity index (χ0n) is 9.89. The molecule has 2 saturated heterocycles. The topological polar surface area (TPSA) is 49.8 Å². The molecule has 2 rings (SSSR count). The average molecular weight is 227 g/mol. The molecular weight excluding hydrogens is 206 g/mol. The second-order valence-corrected chi connectivity index (χ2v) is 4.73. The molecule has 92 valence electrons. The first kappa shape index (κ1) is 11.9. The van der Waals surface area contributed by atoms with Crippen LogP contribution in [0.5, 0.6) is 0 Å². The zero-order valence-corrected chi connectivity index (χ0v) is 9.89. The van der Waals surface area contributed by atoms with E-state index < -0.39 is 6.10 Å². The molecule has 16 heavy (non-hydrogen) atoms. The number of hydrogen-bond acceptors (Lipinski definition) is 4. The second-order valence-electron chi connectivity index (χ2n) is 4.73. The molecule has 2 heterocycles. The summed E-state index contributed by atoms with van der Waals surface area (Å²) in [6.07, 6.45) is 3.56. The summed E-state index contributed by atoms with van der Waals surface area (Å²) in [5.74, 6) is -0.541. The van der Waals surface area contributed by atoms with Gasteiger partial charge >= 0.3 is 5.97 Å². The molecule has 2 aliphatic heterocycles. The predicted octanol–water partition coefficient (Wildman–Crippen LogP) is 0.785. The summed E-state index contributed by atoms with van der Waals surface area (Å²) in [5.41, 5.74) is 0. The Labute approximate surface area is 96.6 Å². The van der Waals surface area contributed by atoms with Crippen LogP contribution in [0.2, 0.25) is 0 Å². The highest BCUT2D eigenvalue weighted by Crippen LogP contribution is 2.31. The van der Waals surface area contributed by atoms with E-state index in [4.69, 9.17) is 4.74 Å². The number of esters is 1. The van der Waals surface area contributed by atoms with Gasteiger partial charge in [-0.1, -0.05) is 6.42 Å². The summed E-state index contributed by atoms with van der Waals surface area (Å²) in [4.78, 5) is 14.2. The molecule has 2 aliphatic rings. The number of aliphatic hydroxyl groups excluding tert-OH is 1. The van der Waals surface area contributed by atoms with E-state index in [1.165, 1.54) is 6.42 Å².